The van der Waals surface area contributed by atoms with Crippen LogP contribution < -0.4 is 5.43 Å². The smallest absolute Gasteiger partial charge is 0.341 e. The van der Waals surface area contributed by atoms with E-state index in [1.807, 2.05) is 0 Å². The zero-order valence-electron chi connectivity index (χ0n) is 13.4. The Bertz CT molecular complexity index is 1120. The van der Waals surface area contributed by atoms with Gasteiger partial charge >= 0.3 is 5.97 Å². The van der Waals surface area contributed by atoms with Crippen LogP contribution in [-0.2, 0) is 6.54 Å². The summed E-state index contributed by atoms with van der Waals surface area (Å²) >= 11 is 5.81. The van der Waals surface area contributed by atoms with Crippen LogP contribution >= 0.6 is 11.6 Å². The topological polar surface area (TPSA) is 79.5 Å². The number of carboxylic acid groups (broad SMARTS) is 1. The molecule has 2 aromatic carbocycles. The molecule has 3 rings (SSSR count). The van der Waals surface area contributed by atoms with Crippen molar-refractivity contribution in [1.82, 2.24) is 4.57 Å². The molecule has 0 aliphatic heterocycles. The van der Waals surface area contributed by atoms with Crippen LogP contribution in [0, 0.1) is 11.6 Å². The Labute approximate surface area is 150 Å². The number of fused-ring (bicyclic) bond motifs is 1. The first-order valence-electron chi connectivity index (χ1n) is 7.53. The highest BCUT2D eigenvalue weighted by Crippen LogP contribution is 2.35. The Morgan fingerprint density at radius 1 is 1.27 bits per heavy atom. The van der Waals surface area contributed by atoms with E-state index in [2.05, 4.69) is 0 Å². The monoisotopic (exact) mass is 379 g/mol. The number of aromatic nitrogens is 1. The van der Waals surface area contributed by atoms with Gasteiger partial charge in [0.2, 0.25) is 5.43 Å². The lowest BCUT2D eigenvalue weighted by molar-refractivity contribution is 0.0695. The Balaban J connectivity index is 2.45. The van der Waals surface area contributed by atoms with E-state index in [1.165, 1.54) is 22.8 Å². The molecule has 2 N–H and O–H groups in total. The van der Waals surface area contributed by atoms with E-state index in [9.17, 15) is 19.1 Å². The molecule has 5 nitrogen and oxygen atoms in total. The molecule has 1 aromatic heterocycles. The predicted octanol–water partition coefficient (Wildman–Crippen LogP) is 4.02. The Morgan fingerprint density at radius 2 is 1.96 bits per heavy atom. The molecule has 8 heteroatoms. The van der Waals surface area contributed by atoms with Gasteiger partial charge in [0.25, 0.3) is 0 Å². The lowest BCUT2D eigenvalue weighted by Crippen LogP contribution is -2.20. The predicted molar refractivity (Wildman–Crippen MR) is 92.9 cm³/mol. The van der Waals surface area contributed by atoms with Crippen molar-refractivity contribution in [2.75, 3.05) is 0 Å². The zero-order chi connectivity index (χ0) is 19.2. The summed E-state index contributed by atoms with van der Waals surface area (Å²) in [6, 6.07) is 4.50. The summed E-state index contributed by atoms with van der Waals surface area (Å²) in [5.41, 5.74) is -2.10. The van der Waals surface area contributed by atoms with Gasteiger partial charge in [-0.3, -0.25) is 4.79 Å². The molecule has 0 saturated carbocycles. The highest BCUT2D eigenvalue weighted by molar-refractivity contribution is 6.32. The molecule has 0 saturated heterocycles. The number of carboxylic acids is 1. The second-order valence-corrected chi connectivity index (χ2v) is 5.98. The standard InChI is InChI=1S/C18H12ClF2NO4/c1-2-22-7-10(18(25)26)17(24)9-6-12(20)14(15(21)16(9)22)8-3-4-13(23)11(19)5-8/h3-7,23H,2H2,1H3,(H,25,26). The van der Waals surface area contributed by atoms with Gasteiger partial charge in [0.15, 0.2) is 5.82 Å². The number of nitrogens with zero attached hydrogens (tertiary/aromatic N) is 1. The van der Waals surface area contributed by atoms with Crippen molar-refractivity contribution in [3.63, 3.8) is 0 Å². The molecule has 134 valence electrons. The van der Waals surface area contributed by atoms with Gasteiger partial charge in [-0.05, 0) is 30.7 Å². The molecule has 0 fully saturated rings. The maximum absolute atomic E-state index is 15.2. The van der Waals surface area contributed by atoms with Crippen LogP contribution in [0.3, 0.4) is 0 Å². The van der Waals surface area contributed by atoms with E-state index < -0.39 is 34.2 Å². The number of aromatic hydroxyl groups is 1. The van der Waals surface area contributed by atoms with Crippen LogP contribution in [0.15, 0.2) is 35.3 Å². The molecule has 0 bridgehead atoms. The minimum absolute atomic E-state index is 0.0714. The molecule has 26 heavy (non-hydrogen) atoms. The van der Waals surface area contributed by atoms with Gasteiger partial charge in [0, 0.05) is 12.7 Å². The number of phenolic OH excluding ortho intramolecular Hbond substituents is 1. The van der Waals surface area contributed by atoms with Gasteiger partial charge in [-0.2, -0.15) is 0 Å². The zero-order valence-corrected chi connectivity index (χ0v) is 14.1. The Kier molecular flexibility index (Phi) is 4.41. The maximum atomic E-state index is 15.2. The third kappa shape index (κ3) is 2.70. The molecule has 0 aliphatic carbocycles. The minimum atomic E-state index is -1.48. The van der Waals surface area contributed by atoms with Gasteiger partial charge in [0.05, 0.1) is 21.5 Å². The van der Waals surface area contributed by atoms with Crippen LogP contribution in [0.2, 0.25) is 5.02 Å². The number of aromatic carboxylic acids is 1. The van der Waals surface area contributed by atoms with Crippen LogP contribution in [0.4, 0.5) is 8.78 Å². The fourth-order valence-electron chi connectivity index (χ4n) is 2.82. The average Bonchev–Trinajstić information content (AvgIpc) is 2.58. The fraction of sp³-hybridized carbons (Fsp3) is 0.111. The number of aryl methyl sites for hydroxylation is 1. The van der Waals surface area contributed by atoms with E-state index in [4.69, 9.17) is 16.7 Å². The van der Waals surface area contributed by atoms with Crippen LogP contribution in [0.1, 0.15) is 17.3 Å². The molecule has 0 atom stereocenters. The quantitative estimate of drug-likeness (QED) is 0.720. The molecular formula is C18H12ClF2NO4. The summed E-state index contributed by atoms with van der Waals surface area (Å²) in [6.45, 7) is 1.80. The van der Waals surface area contributed by atoms with Crippen molar-refractivity contribution in [3.05, 3.63) is 62.9 Å². The maximum Gasteiger partial charge on any atom is 0.341 e. The van der Waals surface area contributed by atoms with Crippen LogP contribution in [0.5, 0.6) is 5.75 Å². The summed E-state index contributed by atoms with van der Waals surface area (Å²) in [7, 11) is 0. The third-order valence-electron chi connectivity index (χ3n) is 4.06. The van der Waals surface area contributed by atoms with Crippen molar-refractivity contribution in [1.29, 1.82) is 0 Å². The first-order chi connectivity index (χ1) is 12.3. The first kappa shape index (κ1) is 17.9. The number of pyridine rings is 1. The summed E-state index contributed by atoms with van der Waals surface area (Å²) in [6.07, 6.45) is 1.03. The van der Waals surface area contributed by atoms with Gasteiger partial charge in [0.1, 0.15) is 17.1 Å². The van der Waals surface area contributed by atoms with Crippen molar-refractivity contribution >= 4 is 28.5 Å². The summed E-state index contributed by atoms with van der Waals surface area (Å²) in [5.74, 6) is -3.78. The molecule has 0 radical (unpaired) electrons. The molecule has 1 heterocycles. The molecule has 0 spiro atoms. The number of carbonyl (C=O) groups is 1. The average molecular weight is 380 g/mol. The second kappa shape index (κ2) is 6.42. The van der Waals surface area contributed by atoms with Crippen LogP contribution in [0.25, 0.3) is 22.0 Å². The highest BCUT2D eigenvalue weighted by atomic mass is 35.5. The molecular weight excluding hydrogens is 368 g/mol. The Hall–Kier alpha value is -2.93. The second-order valence-electron chi connectivity index (χ2n) is 5.57. The van der Waals surface area contributed by atoms with Gasteiger partial charge in [-0.15, -0.1) is 0 Å². The number of rotatable bonds is 3. The summed E-state index contributed by atoms with van der Waals surface area (Å²) in [5, 5.41) is 18.2. The molecule has 3 aromatic rings. The minimum Gasteiger partial charge on any atom is -0.506 e. The number of halogens is 3. The lowest BCUT2D eigenvalue weighted by atomic mass is 10.0. The SMILES string of the molecule is CCn1cc(C(=O)O)c(=O)c2cc(F)c(-c3ccc(O)c(Cl)c3)c(F)c21. The van der Waals surface area contributed by atoms with Crippen LogP contribution in [-0.4, -0.2) is 20.7 Å². The van der Waals surface area contributed by atoms with Crippen molar-refractivity contribution in [3.8, 4) is 16.9 Å². The molecule has 0 amide bonds. The first-order valence-corrected chi connectivity index (χ1v) is 7.91. The van der Waals surface area contributed by atoms with E-state index in [0.717, 1.165) is 12.3 Å². The van der Waals surface area contributed by atoms with Gasteiger partial charge in [-0.1, -0.05) is 17.7 Å². The Morgan fingerprint density at radius 3 is 2.54 bits per heavy atom. The summed E-state index contributed by atoms with van der Waals surface area (Å²) < 4.78 is 31.0. The molecule has 0 unspecified atom stereocenters. The third-order valence-corrected chi connectivity index (χ3v) is 4.36. The van der Waals surface area contributed by atoms with Gasteiger partial charge < -0.3 is 14.8 Å². The van der Waals surface area contributed by atoms with E-state index in [0.29, 0.717) is 0 Å². The number of benzene rings is 2. The number of hydrogen-bond acceptors (Lipinski definition) is 3. The molecule has 0 aliphatic rings. The van der Waals surface area contributed by atoms with E-state index in [-0.39, 0.29) is 33.8 Å². The van der Waals surface area contributed by atoms with Crippen molar-refractivity contribution < 1.29 is 23.8 Å². The fourth-order valence-corrected chi connectivity index (χ4v) is 3.00. The number of hydrogen-bond donors (Lipinski definition) is 2. The van der Waals surface area contributed by atoms with Crippen molar-refractivity contribution in [2.45, 2.75) is 13.5 Å². The lowest BCUT2D eigenvalue weighted by Gasteiger charge is -2.14. The largest absolute Gasteiger partial charge is 0.506 e. The summed E-state index contributed by atoms with van der Waals surface area (Å²) in [4.78, 5) is 23.5. The van der Waals surface area contributed by atoms with E-state index >= 15 is 4.39 Å². The normalized spacial score (nSPS) is 11.1. The highest BCUT2D eigenvalue weighted by Gasteiger charge is 2.22. The number of phenols is 1. The van der Waals surface area contributed by atoms with Crippen molar-refractivity contribution in [2.24, 2.45) is 0 Å². The van der Waals surface area contributed by atoms with Gasteiger partial charge in [-0.25, -0.2) is 13.6 Å². The van der Waals surface area contributed by atoms with E-state index in [1.54, 1.807) is 6.92 Å².